The third kappa shape index (κ3) is 5.49. The van der Waals surface area contributed by atoms with E-state index in [1.54, 1.807) is 36.4 Å². The second-order valence-corrected chi connectivity index (χ2v) is 5.96. The number of hydrogen-bond acceptors (Lipinski definition) is 6. The lowest BCUT2D eigenvalue weighted by Gasteiger charge is -2.11. The van der Waals surface area contributed by atoms with Gasteiger partial charge in [0.05, 0.1) is 18.2 Å². The molecule has 2 aromatic rings. The van der Waals surface area contributed by atoms with Crippen LogP contribution in [0.5, 0.6) is 17.2 Å². The molecular formula is C19H19BrO6. The van der Waals surface area contributed by atoms with E-state index < -0.39 is 5.97 Å². The summed E-state index contributed by atoms with van der Waals surface area (Å²) in [6, 6.07) is 11.9. The van der Waals surface area contributed by atoms with Crippen molar-refractivity contribution in [2.24, 2.45) is 0 Å². The van der Waals surface area contributed by atoms with E-state index >= 15 is 0 Å². The number of carbonyl (C=O) groups is 2. The molecule has 2 rings (SSSR count). The number of methoxy groups -OCH3 is 1. The number of hydrogen-bond donors (Lipinski definition) is 0. The highest BCUT2D eigenvalue weighted by Gasteiger charge is 2.13. The van der Waals surface area contributed by atoms with E-state index in [0.717, 1.165) is 0 Å². The van der Waals surface area contributed by atoms with Gasteiger partial charge < -0.3 is 18.9 Å². The van der Waals surface area contributed by atoms with E-state index in [2.05, 4.69) is 15.9 Å². The highest BCUT2D eigenvalue weighted by atomic mass is 79.9. The van der Waals surface area contributed by atoms with Crippen molar-refractivity contribution in [3.8, 4) is 17.2 Å². The molecule has 0 N–H and O–H groups in total. The van der Waals surface area contributed by atoms with Crippen molar-refractivity contribution >= 4 is 27.7 Å². The number of benzene rings is 2. The lowest BCUT2D eigenvalue weighted by atomic mass is 10.1. The molecule has 2 aromatic carbocycles. The van der Waals surface area contributed by atoms with Gasteiger partial charge in [0, 0.05) is 5.56 Å². The molecule has 0 saturated heterocycles. The van der Waals surface area contributed by atoms with Crippen LogP contribution in [0.1, 0.15) is 17.3 Å². The summed E-state index contributed by atoms with van der Waals surface area (Å²) >= 11 is 3.31. The Hall–Kier alpha value is -2.54. The fourth-order valence-electron chi connectivity index (χ4n) is 2.09. The van der Waals surface area contributed by atoms with E-state index in [0.29, 0.717) is 33.9 Å². The van der Waals surface area contributed by atoms with Gasteiger partial charge in [-0.05, 0) is 53.2 Å². The predicted octanol–water partition coefficient (Wildman–Crippen LogP) is 3.66. The summed E-state index contributed by atoms with van der Waals surface area (Å²) in [6.07, 6.45) is 0. The van der Waals surface area contributed by atoms with Crippen LogP contribution in [0.15, 0.2) is 46.9 Å². The Morgan fingerprint density at radius 1 is 0.962 bits per heavy atom. The topological polar surface area (TPSA) is 71.1 Å². The molecule has 7 heteroatoms. The molecule has 0 radical (unpaired) electrons. The number of halogens is 1. The van der Waals surface area contributed by atoms with Crippen molar-refractivity contribution in [2.45, 2.75) is 6.92 Å². The molecule has 0 aliphatic rings. The van der Waals surface area contributed by atoms with E-state index in [9.17, 15) is 9.59 Å². The molecule has 6 nitrogen and oxygen atoms in total. The van der Waals surface area contributed by atoms with Crippen LogP contribution >= 0.6 is 15.9 Å². The van der Waals surface area contributed by atoms with Crippen LogP contribution in [-0.4, -0.2) is 38.7 Å². The Morgan fingerprint density at radius 3 is 2.27 bits per heavy atom. The molecule has 0 atom stereocenters. The maximum absolute atomic E-state index is 12.1. The highest BCUT2D eigenvalue weighted by molar-refractivity contribution is 9.10. The molecule has 0 amide bonds. The van der Waals surface area contributed by atoms with Crippen LogP contribution in [0.25, 0.3) is 0 Å². The Morgan fingerprint density at radius 2 is 1.65 bits per heavy atom. The van der Waals surface area contributed by atoms with Crippen LogP contribution in [0, 0.1) is 0 Å². The molecule has 0 fully saturated rings. The van der Waals surface area contributed by atoms with Crippen LogP contribution in [0.4, 0.5) is 0 Å². The number of ether oxygens (including phenoxy) is 4. The Labute approximate surface area is 160 Å². The van der Waals surface area contributed by atoms with Gasteiger partial charge in [-0.2, -0.15) is 0 Å². The van der Waals surface area contributed by atoms with Crippen LogP contribution in [0.3, 0.4) is 0 Å². The molecule has 0 saturated carbocycles. The molecule has 0 spiro atoms. The summed E-state index contributed by atoms with van der Waals surface area (Å²) in [5.74, 6) is 0.632. The number of rotatable bonds is 9. The molecule has 0 bridgehead atoms. The summed E-state index contributed by atoms with van der Waals surface area (Å²) in [5, 5.41) is 0. The van der Waals surface area contributed by atoms with Crippen LogP contribution in [-0.2, 0) is 9.53 Å². The van der Waals surface area contributed by atoms with Gasteiger partial charge in [-0.25, -0.2) is 4.79 Å². The normalized spacial score (nSPS) is 10.1. The van der Waals surface area contributed by atoms with Gasteiger partial charge in [0.2, 0.25) is 0 Å². The van der Waals surface area contributed by atoms with Crippen molar-refractivity contribution in [3.05, 3.63) is 52.5 Å². The third-order valence-corrected chi connectivity index (χ3v) is 3.95. The minimum atomic E-state index is -0.641. The molecule has 0 heterocycles. The maximum atomic E-state index is 12.1. The zero-order valence-electron chi connectivity index (χ0n) is 14.5. The molecule has 26 heavy (non-hydrogen) atoms. The SMILES string of the molecule is CCOc1ccccc1OCC(=O)OCC(=O)c1ccc(OC)c(Br)c1. The lowest BCUT2D eigenvalue weighted by Crippen LogP contribution is -2.19. The Kier molecular flexibility index (Phi) is 7.47. The summed E-state index contributed by atoms with van der Waals surface area (Å²) in [5.41, 5.74) is 0.410. The smallest absolute Gasteiger partial charge is 0.344 e. The number of Topliss-reactive ketones (excluding diaryl/α,β-unsaturated/α-hetero) is 1. The fraction of sp³-hybridized carbons (Fsp3) is 0.263. The van der Waals surface area contributed by atoms with E-state index in [-0.39, 0.29) is 19.0 Å². The summed E-state index contributed by atoms with van der Waals surface area (Å²) in [4.78, 5) is 23.9. The Bertz CT molecular complexity index is 774. The third-order valence-electron chi connectivity index (χ3n) is 3.33. The van der Waals surface area contributed by atoms with Crippen molar-refractivity contribution in [2.75, 3.05) is 26.9 Å². The minimum Gasteiger partial charge on any atom is -0.496 e. The van der Waals surface area contributed by atoms with Crippen molar-refractivity contribution in [1.29, 1.82) is 0 Å². The minimum absolute atomic E-state index is 0.316. The first-order chi connectivity index (χ1) is 12.5. The van der Waals surface area contributed by atoms with Gasteiger partial charge in [0.1, 0.15) is 5.75 Å². The zero-order chi connectivity index (χ0) is 18.9. The highest BCUT2D eigenvalue weighted by Crippen LogP contribution is 2.27. The second kappa shape index (κ2) is 9.82. The van der Waals surface area contributed by atoms with Gasteiger partial charge in [-0.15, -0.1) is 0 Å². The van der Waals surface area contributed by atoms with Gasteiger partial charge in [-0.1, -0.05) is 12.1 Å². The predicted molar refractivity (Wildman–Crippen MR) is 99.1 cm³/mol. The average Bonchev–Trinajstić information content (AvgIpc) is 2.65. The van der Waals surface area contributed by atoms with Crippen LogP contribution in [0.2, 0.25) is 0 Å². The molecule has 0 unspecified atom stereocenters. The van der Waals surface area contributed by atoms with Crippen LogP contribution < -0.4 is 14.2 Å². The molecule has 0 aromatic heterocycles. The zero-order valence-corrected chi connectivity index (χ0v) is 16.1. The first kappa shape index (κ1) is 19.8. The first-order valence-corrected chi connectivity index (χ1v) is 8.71. The van der Waals surface area contributed by atoms with Crippen molar-refractivity contribution in [3.63, 3.8) is 0 Å². The number of carbonyl (C=O) groups excluding carboxylic acids is 2. The van der Waals surface area contributed by atoms with E-state index in [1.807, 2.05) is 13.0 Å². The summed E-state index contributed by atoms with van der Waals surface area (Å²) in [7, 11) is 1.53. The fourth-order valence-corrected chi connectivity index (χ4v) is 2.63. The monoisotopic (exact) mass is 422 g/mol. The standard InChI is InChI=1S/C19H19BrO6/c1-3-24-17-6-4-5-7-18(17)25-12-19(22)26-11-15(21)13-8-9-16(23-2)14(20)10-13/h4-10H,3,11-12H2,1-2H3. The van der Waals surface area contributed by atoms with Gasteiger partial charge in [0.25, 0.3) is 0 Å². The van der Waals surface area contributed by atoms with Gasteiger partial charge in [0.15, 0.2) is 30.5 Å². The molecule has 0 aliphatic carbocycles. The quantitative estimate of drug-likeness (QED) is 0.453. The Balaban J connectivity index is 1.85. The first-order valence-electron chi connectivity index (χ1n) is 7.92. The molecular weight excluding hydrogens is 404 g/mol. The largest absolute Gasteiger partial charge is 0.496 e. The molecule has 0 aliphatic heterocycles. The number of ketones is 1. The van der Waals surface area contributed by atoms with E-state index in [1.165, 1.54) is 7.11 Å². The summed E-state index contributed by atoms with van der Waals surface area (Å²) in [6.45, 7) is 1.66. The van der Waals surface area contributed by atoms with Crippen molar-refractivity contribution in [1.82, 2.24) is 0 Å². The lowest BCUT2D eigenvalue weighted by molar-refractivity contribution is -0.144. The van der Waals surface area contributed by atoms with Gasteiger partial charge in [-0.3, -0.25) is 4.79 Å². The number of para-hydroxylation sites is 2. The average molecular weight is 423 g/mol. The number of esters is 1. The molecule has 138 valence electrons. The van der Waals surface area contributed by atoms with Gasteiger partial charge >= 0.3 is 5.97 Å². The second-order valence-electron chi connectivity index (χ2n) is 5.10. The van der Waals surface area contributed by atoms with E-state index in [4.69, 9.17) is 18.9 Å². The maximum Gasteiger partial charge on any atom is 0.344 e. The summed E-state index contributed by atoms with van der Waals surface area (Å²) < 4.78 is 21.5. The van der Waals surface area contributed by atoms with Crippen molar-refractivity contribution < 1.29 is 28.5 Å².